The van der Waals surface area contributed by atoms with Crippen LogP contribution in [0.15, 0.2) is 12.4 Å². The molecule has 2 aromatic rings. The number of aromatic nitrogens is 3. The molecule has 0 radical (unpaired) electrons. The molecular weight excluding hydrogens is 287 g/mol. The lowest BCUT2D eigenvalue weighted by Gasteiger charge is -1.95. The third-order valence-electron chi connectivity index (χ3n) is 1.64. The molecule has 0 N–H and O–H groups in total. The van der Waals surface area contributed by atoms with E-state index in [1.807, 2.05) is 18.4 Å². The molecule has 0 aliphatic carbocycles. The van der Waals surface area contributed by atoms with Crippen molar-refractivity contribution in [3.8, 4) is 0 Å². The van der Waals surface area contributed by atoms with Crippen molar-refractivity contribution in [3.05, 3.63) is 21.2 Å². The number of rotatable bonds is 0. The van der Waals surface area contributed by atoms with Crippen molar-refractivity contribution in [2.75, 3.05) is 0 Å². The van der Waals surface area contributed by atoms with E-state index in [1.54, 1.807) is 6.20 Å². The molecule has 0 bridgehead atoms. The van der Waals surface area contributed by atoms with Gasteiger partial charge in [0, 0.05) is 12.4 Å². The first-order valence-electron chi connectivity index (χ1n) is 3.35. The monoisotopic (exact) mass is 291 g/mol. The van der Waals surface area contributed by atoms with Crippen LogP contribution in [0.4, 0.5) is 0 Å². The summed E-state index contributed by atoms with van der Waals surface area (Å²) < 4.78 is 2.82. The average Bonchev–Trinajstić information content (AvgIpc) is 2.29. The van der Waals surface area contributed by atoms with Gasteiger partial charge in [-0.2, -0.15) is 0 Å². The maximum atomic E-state index is 5.90. The highest BCUT2D eigenvalue weighted by Crippen LogP contribution is 2.17. The molecule has 0 spiro atoms. The van der Waals surface area contributed by atoms with Crippen LogP contribution >= 0.6 is 34.2 Å². The lowest BCUT2D eigenvalue weighted by molar-refractivity contribution is 1.16. The van der Waals surface area contributed by atoms with Gasteiger partial charge in [0.2, 0.25) is 0 Å². The quantitative estimate of drug-likeness (QED) is 0.514. The van der Waals surface area contributed by atoms with Crippen molar-refractivity contribution in [1.29, 1.82) is 0 Å². The first kappa shape index (κ1) is 8.31. The molecule has 2 heterocycles. The Hall–Kier alpha value is -0.295. The summed E-state index contributed by atoms with van der Waals surface area (Å²) in [6.07, 6.45) is 3.52. The van der Waals surface area contributed by atoms with Gasteiger partial charge in [-0.3, -0.25) is 0 Å². The van der Waals surface area contributed by atoms with Crippen molar-refractivity contribution in [2.24, 2.45) is 0 Å². The second-order valence-corrected chi connectivity index (χ2v) is 3.77. The minimum Gasteiger partial charge on any atom is -0.307 e. The van der Waals surface area contributed by atoms with Crippen LogP contribution in [0, 0.1) is 3.70 Å². The standard InChI is InChI=1S/C6H4BClIN3/c7-6-11-5(9)3-4(8)10-1-2-12(3)6/h1-2H,7H2. The van der Waals surface area contributed by atoms with Gasteiger partial charge in [0.05, 0.1) is 5.72 Å². The smallest absolute Gasteiger partial charge is 0.187 e. The average molecular weight is 291 g/mol. The summed E-state index contributed by atoms with van der Waals surface area (Å²) in [5.41, 5.74) is 1.82. The van der Waals surface area contributed by atoms with E-state index in [2.05, 4.69) is 32.6 Å². The topological polar surface area (TPSA) is 30.2 Å². The van der Waals surface area contributed by atoms with Crippen molar-refractivity contribution in [2.45, 2.75) is 0 Å². The van der Waals surface area contributed by atoms with Crippen LogP contribution < -0.4 is 5.72 Å². The Morgan fingerprint density at radius 1 is 1.58 bits per heavy atom. The van der Waals surface area contributed by atoms with E-state index in [9.17, 15) is 0 Å². The minimum atomic E-state index is 0.502. The Labute approximate surface area is 88.7 Å². The highest BCUT2D eigenvalue weighted by Gasteiger charge is 2.08. The zero-order chi connectivity index (χ0) is 8.72. The maximum absolute atomic E-state index is 5.90. The van der Waals surface area contributed by atoms with Gasteiger partial charge in [-0.15, -0.1) is 0 Å². The number of halogens is 2. The predicted molar refractivity (Wildman–Crippen MR) is 58.9 cm³/mol. The second kappa shape index (κ2) is 2.88. The molecule has 0 aliphatic heterocycles. The van der Waals surface area contributed by atoms with Crippen LogP contribution in [0.5, 0.6) is 0 Å². The third-order valence-corrected chi connectivity index (χ3v) is 2.67. The van der Waals surface area contributed by atoms with Gasteiger partial charge in [0.15, 0.2) is 13.0 Å². The first-order chi connectivity index (χ1) is 5.70. The van der Waals surface area contributed by atoms with Crippen LogP contribution in [0.2, 0.25) is 5.15 Å². The molecular formula is C6H4BClIN3. The van der Waals surface area contributed by atoms with Crippen LogP contribution in [0.25, 0.3) is 5.52 Å². The second-order valence-electron chi connectivity index (χ2n) is 2.39. The first-order valence-corrected chi connectivity index (χ1v) is 4.80. The largest absolute Gasteiger partial charge is 0.307 e. The van der Waals surface area contributed by atoms with E-state index in [1.165, 1.54) is 0 Å². The fourth-order valence-electron chi connectivity index (χ4n) is 1.10. The van der Waals surface area contributed by atoms with Crippen molar-refractivity contribution < 1.29 is 0 Å². The van der Waals surface area contributed by atoms with Gasteiger partial charge < -0.3 is 4.40 Å². The van der Waals surface area contributed by atoms with Gasteiger partial charge >= 0.3 is 0 Å². The van der Waals surface area contributed by atoms with E-state index in [4.69, 9.17) is 11.6 Å². The molecule has 2 rings (SSSR count). The van der Waals surface area contributed by atoms with E-state index in [0.29, 0.717) is 5.15 Å². The number of hydrogen-bond acceptors (Lipinski definition) is 2. The van der Waals surface area contributed by atoms with Gasteiger partial charge in [-0.25, -0.2) is 9.97 Å². The van der Waals surface area contributed by atoms with Crippen LogP contribution in [0.1, 0.15) is 0 Å². The van der Waals surface area contributed by atoms with E-state index in [0.717, 1.165) is 14.9 Å². The Morgan fingerprint density at radius 2 is 2.33 bits per heavy atom. The summed E-state index contributed by atoms with van der Waals surface area (Å²) in [5.74, 6) is 0. The number of fused-ring (bicyclic) bond motifs is 1. The predicted octanol–water partition coefficient (Wildman–Crippen LogP) is 0.246. The van der Waals surface area contributed by atoms with E-state index < -0.39 is 0 Å². The molecule has 0 saturated heterocycles. The van der Waals surface area contributed by atoms with Gasteiger partial charge in [0.25, 0.3) is 0 Å². The minimum absolute atomic E-state index is 0.502. The molecule has 6 heteroatoms. The number of hydrogen-bond donors (Lipinski definition) is 0. The summed E-state index contributed by atoms with van der Waals surface area (Å²) in [7, 11) is 1.94. The molecule has 0 aliphatic rings. The molecule has 3 nitrogen and oxygen atoms in total. The molecule has 12 heavy (non-hydrogen) atoms. The molecule has 0 unspecified atom stereocenters. The molecule has 2 aromatic heterocycles. The van der Waals surface area contributed by atoms with Gasteiger partial charge in [-0.05, 0) is 22.6 Å². The molecule has 0 aromatic carbocycles. The Kier molecular flexibility index (Phi) is 2.00. The highest BCUT2D eigenvalue weighted by molar-refractivity contribution is 14.1. The molecule has 0 amide bonds. The fraction of sp³-hybridized carbons (Fsp3) is 0. The molecule has 0 saturated carbocycles. The van der Waals surface area contributed by atoms with Crippen molar-refractivity contribution in [3.63, 3.8) is 0 Å². The van der Waals surface area contributed by atoms with Crippen molar-refractivity contribution in [1.82, 2.24) is 14.4 Å². The SMILES string of the molecule is Bc1nc(I)c2c(Cl)nccn12. The lowest BCUT2D eigenvalue weighted by atomic mass is 10.1. The van der Waals surface area contributed by atoms with Crippen molar-refractivity contribution >= 4 is 53.3 Å². The number of imidazole rings is 1. The summed E-state index contributed by atoms with van der Waals surface area (Å²) >= 11 is 8.05. The van der Waals surface area contributed by atoms with Crippen LogP contribution in [-0.4, -0.2) is 22.2 Å². The zero-order valence-electron chi connectivity index (χ0n) is 6.25. The molecule has 60 valence electrons. The number of nitrogens with zero attached hydrogens (tertiary/aromatic N) is 3. The van der Waals surface area contributed by atoms with Gasteiger partial charge in [0.1, 0.15) is 9.22 Å². The highest BCUT2D eigenvalue weighted by atomic mass is 127. The normalized spacial score (nSPS) is 10.8. The van der Waals surface area contributed by atoms with E-state index >= 15 is 0 Å². The Morgan fingerprint density at radius 3 is 3.00 bits per heavy atom. The summed E-state index contributed by atoms with van der Waals surface area (Å²) in [5, 5.41) is 0.502. The Balaban J connectivity index is 2.99. The van der Waals surface area contributed by atoms with Gasteiger partial charge in [-0.1, -0.05) is 11.6 Å². The lowest BCUT2D eigenvalue weighted by Crippen LogP contribution is -2.12. The summed E-state index contributed by atoms with van der Waals surface area (Å²) in [6, 6.07) is 0. The van der Waals surface area contributed by atoms with E-state index in [-0.39, 0.29) is 0 Å². The third kappa shape index (κ3) is 1.11. The maximum Gasteiger partial charge on any atom is 0.187 e. The summed E-state index contributed by atoms with van der Waals surface area (Å²) in [6.45, 7) is 0. The van der Waals surface area contributed by atoms with Crippen LogP contribution in [-0.2, 0) is 0 Å². The fourth-order valence-corrected chi connectivity index (χ4v) is 2.36. The molecule has 0 fully saturated rings. The summed E-state index contributed by atoms with van der Waals surface area (Å²) in [4.78, 5) is 8.26. The zero-order valence-corrected chi connectivity index (χ0v) is 9.17. The molecule has 0 atom stereocenters. The van der Waals surface area contributed by atoms with Crippen LogP contribution in [0.3, 0.4) is 0 Å². The Bertz CT molecular complexity index is 442.